The molecule has 1 rings (SSSR count). The Morgan fingerprint density at radius 2 is 1.80 bits per heavy atom. The molecule has 0 aromatic carbocycles. The van der Waals surface area contributed by atoms with Crippen LogP contribution in [-0.2, 0) is 9.47 Å². The minimum Gasteiger partial charge on any atom is -0.351 e. The summed E-state index contributed by atoms with van der Waals surface area (Å²) in [7, 11) is 3.38. The first-order valence-corrected chi connectivity index (χ1v) is 5.49. The van der Waals surface area contributed by atoms with E-state index in [2.05, 4.69) is 25.7 Å². The smallest absolute Gasteiger partial charge is 0.193 e. The molecule has 1 atom stereocenters. The van der Waals surface area contributed by atoms with Crippen molar-refractivity contribution >= 4 is 0 Å². The normalized spacial score (nSPS) is 25.0. The van der Waals surface area contributed by atoms with Crippen LogP contribution in [0.15, 0.2) is 0 Å². The van der Waals surface area contributed by atoms with Crippen LogP contribution in [0.25, 0.3) is 0 Å². The first-order chi connectivity index (χ1) is 6.94. The predicted molar refractivity (Wildman–Crippen MR) is 60.6 cm³/mol. The maximum absolute atomic E-state index is 5.87. The Balaban J connectivity index is 2.63. The molecule has 1 saturated heterocycles. The second kappa shape index (κ2) is 4.37. The summed E-state index contributed by atoms with van der Waals surface area (Å²) in [6.07, 6.45) is 0. The molecule has 0 amide bonds. The molecule has 0 aliphatic carbocycles. The first-order valence-electron chi connectivity index (χ1n) is 5.49. The van der Waals surface area contributed by atoms with E-state index >= 15 is 0 Å². The maximum atomic E-state index is 5.87. The van der Waals surface area contributed by atoms with E-state index in [9.17, 15) is 0 Å². The summed E-state index contributed by atoms with van der Waals surface area (Å²) in [4.78, 5) is 2.34. The molecule has 0 aromatic heterocycles. The van der Waals surface area contributed by atoms with E-state index < -0.39 is 5.79 Å². The van der Waals surface area contributed by atoms with Gasteiger partial charge in [-0.05, 0) is 12.8 Å². The first kappa shape index (κ1) is 12.9. The van der Waals surface area contributed by atoms with Crippen molar-refractivity contribution in [2.45, 2.75) is 32.1 Å². The Morgan fingerprint density at radius 1 is 1.33 bits per heavy atom. The Hall–Kier alpha value is -0.160. The molecular weight excluding hydrogens is 192 g/mol. The number of hydrogen-bond acceptors (Lipinski definition) is 4. The fourth-order valence-electron chi connectivity index (χ4n) is 1.97. The SMILES string of the molecule is COC1(OC)CN(C(C)(CN)C(C)C)C1. The number of ether oxygens (including phenoxy) is 2. The molecule has 4 heteroatoms. The molecule has 1 heterocycles. The molecule has 15 heavy (non-hydrogen) atoms. The molecule has 0 aromatic rings. The summed E-state index contributed by atoms with van der Waals surface area (Å²) in [5.41, 5.74) is 5.91. The molecule has 1 fully saturated rings. The minimum atomic E-state index is -0.411. The van der Waals surface area contributed by atoms with Gasteiger partial charge in [0.1, 0.15) is 0 Å². The molecule has 1 aliphatic heterocycles. The van der Waals surface area contributed by atoms with Crippen LogP contribution in [0, 0.1) is 5.92 Å². The van der Waals surface area contributed by atoms with Crippen LogP contribution in [0.1, 0.15) is 20.8 Å². The second-order valence-electron chi connectivity index (χ2n) is 4.89. The summed E-state index contributed by atoms with van der Waals surface area (Å²) in [5.74, 6) is 0.111. The van der Waals surface area contributed by atoms with Crippen molar-refractivity contribution in [3.63, 3.8) is 0 Å². The summed E-state index contributed by atoms with van der Waals surface area (Å²) < 4.78 is 10.7. The number of nitrogens with zero attached hydrogens (tertiary/aromatic N) is 1. The Bertz CT molecular complexity index is 209. The monoisotopic (exact) mass is 216 g/mol. The third-order valence-electron chi connectivity index (χ3n) is 3.99. The Kier molecular flexibility index (Phi) is 3.76. The van der Waals surface area contributed by atoms with E-state index in [1.165, 1.54) is 0 Å². The maximum Gasteiger partial charge on any atom is 0.193 e. The van der Waals surface area contributed by atoms with Crippen LogP contribution >= 0.6 is 0 Å². The van der Waals surface area contributed by atoms with Crippen LogP contribution in [0.3, 0.4) is 0 Å². The van der Waals surface area contributed by atoms with Gasteiger partial charge in [-0.3, -0.25) is 4.90 Å². The van der Waals surface area contributed by atoms with Gasteiger partial charge < -0.3 is 15.2 Å². The van der Waals surface area contributed by atoms with E-state index in [0.717, 1.165) is 13.1 Å². The lowest BCUT2D eigenvalue weighted by Gasteiger charge is -2.56. The fraction of sp³-hybridized carbons (Fsp3) is 1.00. The summed E-state index contributed by atoms with van der Waals surface area (Å²) in [6, 6.07) is 0. The molecule has 90 valence electrons. The van der Waals surface area contributed by atoms with E-state index in [1.807, 2.05) is 0 Å². The number of rotatable bonds is 5. The number of hydrogen-bond donors (Lipinski definition) is 1. The van der Waals surface area contributed by atoms with Gasteiger partial charge in [-0.15, -0.1) is 0 Å². The van der Waals surface area contributed by atoms with Crippen molar-refractivity contribution in [2.24, 2.45) is 11.7 Å². The molecule has 0 spiro atoms. The molecule has 2 N–H and O–H groups in total. The van der Waals surface area contributed by atoms with Crippen molar-refractivity contribution in [1.82, 2.24) is 4.90 Å². The average Bonchev–Trinajstić information content (AvgIpc) is 2.17. The quantitative estimate of drug-likeness (QED) is 0.686. The van der Waals surface area contributed by atoms with E-state index in [0.29, 0.717) is 12.5 Å². The van der Waals surface area contributed by atoms with Gasteiger partial charge in [-0.2, -0.15) is 0 Å². The molecular formula is C11H24N2O2. The van der Waals surface area contributed by atoms with Gasteiger partial charge in [0.15, 0.2) is 5.79 Å². The van der Waals surface area contributed by atoms with Gasteiger partial charge in [0.05, 0.1) is 13.1 Å². The highest BCUT2D eigenvalue weighted by Crippen LogP contribution is 2.35. The second-order valence-corrected chi connectivity index (χ2v) is 4.89. The number of methoxy groups -OCH3 is 2. The standard InChI is InChI=1S/C11H24N2O2/c1-9(2)10(3,6-12)13-7-11(8-13,14-4)15-5/h9H,6-8,12H2,1-5H3. The van der Waals surface area contributed by atoms with E-state index in [1.54, 1.807) is 14.2 Å². The van der Waals surface area contributed by atoms with Gasteiger partial charge >= 0.3 is 0 Å². The van der Waals surface area contributed by atoms with Gasteiger partial charge in [0.25, 0.3) is 0 Å². The van der Waals surface area contributed by atoms with Crippen LogP contribution in [0.2, 0.25) is 0 Å². The number of nitrogens with two attached hydrogens (primary N) is 1. The molecule has 1 aliphatic rings. The highest BCUT2D eigenvalue weighted by atomic mass is 16.7. The van der Waals surface area contributed by atoms with Crippen LogP contribution in [0.5, 0.6) is 0 Å². The van der Waals surface area contributed by atoms with Crippen LogP contribution < -0.4 is 5.73 Å². The minimum absolute atomic E-state index is 0.0422. The Labute approximate surface area is 92.7 Å². The van der Waals surface area contributed by atoms with Crippen LogP contribution in [0.4, 0.5) is 0 Å². The molecule has 0 bridgehead atoms. The van der Waals surface area contributed by atoms with E-state index in [4.69, 9.17) is 15.2 Å². The lowest BCUT2D eigenvalue weighted by molar-refractivity contribution is -0.293. The van der Waals surface area contributed by atoms with Crippen molar-refractivity contribution in [3.8, 4) is 0 Å². The van der Waals surface area contributed by atoms with Gasteiger partial charge in [0, 0.05) is 26.3 Å². The molecule has 4 nitrogen and oxygen atoms in total. The van der Waals surface area contributed by atoms with Crippen molar-refractivity contribution in [3.05, 3.63) is 0 Å². The molecule has 1 unspecified atom stereocenters. The summed E-state index contributed by atoms with van der Waals surface area (Å²) in [5, 5.41) is 0. The van der Waals surface area contributed by atoms with Crippen molar-refractivity contribution in [1.29, 1.82) is 0 Å². The van der Waals surface area contributed by atoms with Crippen LogP contribution in [-0.4, -0.2) is 50.1 Å². The van der Waals surface area contributed by atoms with Gasteiger partial charge in [0.2, 0.25) is 0 Å². The summed E-state index contributed by atoms with van der Waals surface area (Å²) >= 11 is 0. The third-order valence-corrected chi connectivity index (χ3v) is 3.99. The third kappa shape index (κ3) is 2.04. The Morgan fingerprint density at radius 3 is 2.07 bits per heavy atom. The lowest BCUT2D eigenvalue weighted by Crippen LogP contribution is -2.72. The zero-order valence-electron chi connectivity index (χ0n) is 10.5. The largest absolute Gasteiger partial charge is 0.351 e. The highest BCUT2D eigenvalue weighted by molar-refractivity contribution is 5.01. The molecule has 0 saturated carbocycles. The lowest BCUT2D eigenvalue weighted by atomic mass is 9.83. The van der Waals surface area contributed by atoms with E-state index in [-0.39, 0.29) is 5.54 Å². The predicted octanol–water partition coefficient (Wildman–Crippen LogP) is 0.665. The zero-order chi connectivity index (χ0) is 11.7. The molecule has 0 radical (unpaired) electrons. The fourth-order valence-corrected chi connectivity index (χ4v) is 1.97. The van der Waals surface area contributed by atoms with Crippen molar-refractivity contribution < 1.29 is 9.47 Å². The zero-order valence-corrected chi connectivity index (χ0v) is 10.5. The highest BCUT2D eigenvalue weighted by Gasteiger charge is 2.51. The summed E-state index contributed by atoms with van der Waals surface area (Å²) in [6.45, 7) is 8.86. The van der Waals surface area contributed by atoms with Gasteiger partial charge in [-0.25, -0.2) is 0 Å². The average molecular weight is 216 g/mol. The van der Waals surface area contributed by atoms with Crippen molar-refractivity contribution in [2.75, 3.05) is 33.9 Å². The number of likely N-dealkylation sites (tertiary alicyclic amines) is 1. The topological polar surface area (TPSA) is 47.7 Å². The van der Waals surface area contributed by atoms with Gasteiger partial charge in [-0.1, -0.05) is 13.8 Å².